The molecule has 0 amide bonds. The Hall–Kier alpha value is -10.0. The van der Waals surface area contributed by atoms with E-state index in [0.29, 0.717) is 28.4 Å². The average molecular weight is 919 g/mol. The van der Waals surface area contributed by atoms with Gasteiger partial charge in [0.15, 0.2) is 5.82 Å². The number of fused-ring (bicyclic) bond motifs is 15. The zero-order valence-corrected chi connectivity index (χ0v) is 38.5. The SMILES string of the molecule is N#Cc1c(-c2ccccc2)nc(-c2ccc(-n3c4ccccc4c4c5c(c6ccccc6n5-c5ccccc5)c5c(c6ccccc6n5-c5ccccc5)c43)c3c2oc2ccccc23)nc1-c1ccccc1. The summed E-state index contributed by atoms with van der Waals surface area (Å²) in [5.41, 5.74) is 15.2. The second-order valence-corrected chi connectivity index (χ2v) is 18.3. The summed E-state index contributed by atoms with van der Waals surface area (Å²) in [4.78, 5) is 10.6. The molecule has 0 N–H and O–H groups in total. The van der Waals surface area contributed by atoms with Gasteiger partial charge in [-0.15, -0.1) is 0 Å². The number of para-hydroxylation sites is 6. The van der Waals surface area contributed by atoms with Gasteiger partial charge in [-0.25, -0.2) is 9.97 Å². The highest BCUT2D eigenvalue weighted by Crippen LogP contribution is 2.51. The van der Waals surface area contributed by atoms with Crippen molar-refractivity contribution in [2.24, 2.45) is 0 Å². The fourth-order valence-corrected chi connectivity index (χ4v) is 11.6. The van der Waals surface area contributed by atoms with Gasteiger partial charge >= 0.3 is 0 Å². The lowest BCUT2D eigenvalue weighted by molar-refractivity contribution is 0.669. The number of nitriles is 1. The van der Waals surface area contributed by atoms with Crippen molar-refractivity contribution in [3.05, 3.63) is 236 Å². The van der Waals surface area contributed by atoms with E-state index in [0.717, 1.165) is 105 Å². The summed E-state index contributed by atoms with van der Waals surface area (Å²) in [6, 6.07) is 83.0. The molecule has 0 unspecified atom stereocenters. The van der Waals surface area contributed by atoms with Gasteiger partial charge in [0.2, 0.25) is 0 Å². The van der Waals surface area contributed by atoms with Gasteiger partial charge in [0.25, 0.3) is 0 Å². The first kappa shape index (κ1) is 39.9. The van der Waals surface area contributed by atoms with Crippen LogP contribution in [0.1, 0.15) is 5.56 Å². The Morgan fingerprint density at radius 1 is 0.375 bits per heavy atom. The fourth-order valence-electron chi connectivity index (χ4n) is 11.6. The van der Waals surface area contributed by atoms with Gasteiger partial charge in [-0.05, 0) is 60.7 Å². The molecular formula is C65H38N6O. The van der Waals surface area contributed by atoms with Gasteiger partial charge in [0, 0.05) is 60.2 Å². The van der Waals surface area contributed by atoms with Crippen LogP contribution in [0.5, 0.6) is 0 Å². The Bertz CT molecular complexity index is 4600. The van der Waals surface area contributed by atoms with E-state index >= 15 is 0 Å². The molecule has 0 bridgehead atoms. The third kappa shape index (κ3) is 5.60. The van der Waals surface area contributed by atoms with Crippen molar-refractivity contribution in [3.63, 3.8) is 0 Å². The summed E-state index contributed by atoms with van der Waals surface area (Å²) in [6.45, 7) is 0. The van der Waals surface area contributed by atoms with Crippen LogP contribution in [0.15, 0.2) is 235 Å². The molecule has 15 rings (SSSR count). The molecule has 0 saturated carbocycles. The quantitative estimate of drug-likeness (QED) is 0.166. The van der Waals surface area contributed by atoms with Crippen LogP contribution in [-0.2, 0) is 0 Å². The molecule has 0 spiro atoms. The molecule has 0 aliphatic heterocycles. The van der Waals surface area contributed by atoms with Crippen molar-refractivity contribution in [2.75, 3.05) is 0 Å². The minimum absolute atomic E-state index is 0.414. The number of hydrogen-bond acceptors (Lipinski definition) is 4. The maximum Gasteiger partial charge on any atom is 0.164 e. The maximum absolute atomic E-state index is 10.8. The van der Waals surface area contributed by atoms with E-state index in [1.165, 1.54) is 10.8 Å². The first-order chi connectivity index (χ1) is 35.7. The molecule has 0 saturated heterocycles. The van der Waals surface area contributed by atoms with Crippen LogP contribution in [0.2, 0.25) is 0 Å². The summed E-state index contributed by atoms with van der Waals surface area (Å²) in [6.07, 6.45) is 0. The van der Waals surface area contributed by atoms with Crippen LogP contribution in [-0.4, -0.2) is 23.7 Å². The lowest BCUT2D eigenvalue weighted by atomic mass is 9.99. The van der Waals surface area contributed by atoms with Crippen molar-refractivity contribution in [1.82, 2.24) is 23.7 Å². The van der Waals surface area contributed by atoms with Crippen LogP contribution >= 0.6 is 0 Å². The Morgan fingerprint density at radius 2 is 0.778 bits per heavy atom. The molecule has 72 heavy (non-hydrogen) atoms. The predicted octanol–water partition coefficient (Wildman–Crippen LogP) is 16.5. The summed E-state index contributed by atoms with van der Waals surface area (Å²) < 4.78 is 14.5. The number of aromatic nitrogens is 5. The molecule has 7 heteroatoms. The van der Waals surface area contributed by atoms with E-state index in [-0.39, 0.29) is 0 Å². The van der Waals surface area contributed by atoms with Crippen molar-refractivity contribution < 1.29 is 4.42 Å². The van der Waals surface area contributed by atoms with E-state index in [2.05, 4.69) is 177 Å². The Kier molecular flexibility index (Phi) is 8.59. The molecule has 10 aromatic carbocycles. The minimum Gasteiger partial charge on any atom is -0.455 e. The van der Waals surface area contributed by atoms with E-state index in [1.54, 1.807) is 0 Å². The molecule has 7 nitrogen and oxygen atoms in total. The molecule has 0 radical (unpaired) electrons. The van der Waals surface area contributed by atoms with E-state index < -0.39 is 0 Å². The monoisotopic (exact) mass is 918 g/mol. The van der Waals surface area contributed by atoms with Gasteiger partial charge in [-0.3, -0.25) is 0 Å². The molecule has 0 atom stereocenters. The molecule has 334 valence electrons. The Balaban J connectivity index is 1.15. The first-order valence-electron chi connectivity index (χ1n) is 24.2. The number of benzene rings is 10. The van der Waals surface area contributed by atoms with E-state index in [4.69, 9.17) is 14.4 Å². The van der Waals surface area contributed by atoms with Gasteiger partial charge in [0.05, 0.1) is 61.1 Å². The van der Waals surface area contributed by atoms with Crippen LogP contribution in [0.3, 0.4) is 0 Å². The number of hydrogen-bond donors (Lipinski definition) is 0. The van der Waals surface area contributed by atoms with Gasteiger partial charge in [-0.2, -0.15) is 5.26 Å². The zero-order valence-electron chi connectivity index (χ0n) is 38.5. The lowest BCUT2D eigenvalue weighted by Gasteiger charge is -2.15. The van der Waals surface area contributed by atoms with Gasteiger partial charge in [0.1, 0.15) is 22.8 Å². The summed E-state index contributed by atoms with van der Waals surface area (Å²) in [7, 11) is 0. The topological polar surface area (TPSA) is 77.5 Å². The lowest BCUT2D eigenvalue weighted by Crippen LogP contribution is -2.02. The maximum atomic E-state index is 10.8. The number of furan rings is 1. The van der Waals surface area contributed by atoms with Crippen molar-refractivity contribution in [1.29, 1.82) is 5.26 Å². The average Bonchev–Trinajstić information content (AvgIpc) is 4.21. The van der Waals surface area contributed by atoms with Crippen molar-refractivity contribution in [3.8, 4) is 57.0 Å². The molecule has 0 aliphatic carbocycles. The molecular weight excluding hydrogens is 881 g/mol. The van der Waals surface area contributed by atoms with Gasteiger partial charge < -0.3 is 18.1 Å². The number of rotatable bonds is 6. The summed E-state index contributed by atoms with van der Waals surface area (Å²) in [5.74, 6) is 0.465. The van der Waals surface area contributed by atoms with Crippen LogP contribution in [0.4, 0.5) is 0 Å². The van der Waals surface area contributed by atoms with Crippen molar-refractivity contribution in [2.45, 2.75) is 0 Å². The highest BCUT2D eigenvalue weighted by atomic mass is 16.3. The molecule has 15 aromatic rings. The largest absolute Gasteiger partial charge is 0.455 e. The predicted molar refractivity (Wildman–Crippen MR) is 293 cm³/mol. The second kappa shape index (κ2) is 15.5. The molecule has 5 aromatic heterocycles. The van der Waals surface area contributed by atoms with E-state index in [9.17, 15) is 5.26 Å². The van der Waals surface area contributed by atoms with Crippen LogP contribution in [0.25, 0.3) is 138 Å². The zero-order chi connectivity index (χ0) is 47.4. The summed E-state index contributed by atoms with van der Waals surface area (Å²) >= 11 is 0. The highest BCUT2D eigenvalue weighted by molar-refractivity contribution is 6.40. The van der Waals surface area contributed by atoms with Gasteiger partial charge in [-0.1, -0.05) is 170 Å². The smallest absolute Gasteiger partial charge is 0.164 e. The van der Waals surface area contributed by atoms with Crippen LogP contribution in [0, 0.1) is 11.3 Å². The van der Waals surface area contributed by atoms with Crippen LogP contribution < -0.4 is 0 Å². The normalized spacial score (nSPS) is 11.9. The third-order valence-electron chi connectivity index (χ3n) is 14.5. The first-order valence-corrected chi connectivity index (χ1v) is 24.2. The minimum atomic E-state index is 0.414. The highest BCUT2D eigenvalue weighted by Gasteiger charge is 2.30. The Labute approximate surface area is 411 Å². The third-order valence-corrected chi connectivity index (χ3v) is 14.5. The van der Waals surface area contributed by atoms with E-state index in [1.807, 2.05) is 72.8 Å². The number of nitrogens with zero attached hydrogens (tertiary/aromatic N) is 6. The van der Waals surface area contributed by atoms with Crippen molar-refractivity contribution >= 4 is 87.4 Å². The fraction of sp³-hybridized carbons (Fsp3) is 0. The molecule has 5 heterocycles. The summed E-state index contributed by atoms with van der Waals surface area (Å²) in [5, 5.41) is 19.7. The molecule has 0 aliphatic rings. The second-order valence-electron chi connectivity index (χ2n) is 18.3. The molecule has 0 fully saturated rings. The Morgan fingerprint density at radius 3 is 1.26 bits per heavy atom. The standard InChI is InChI=1S/C65H38N6O/c66-39-49-59(40-21-5-1-6-22-40)67-65(68-60(49)41-23-7-2-8-24-41)48-37-38-53(55-47-32-16-20-36-54(47)72-64(48)55)71-52-35-19-15-31-46(52)58-62-56(44-29-13-17-33-50(44)69(62)42-25-9-3-10-26-42)61-57(63(58)71)45-30-14-18-34-51(45)70(61)43-27-11-4-12-28-43/h1-38H.